The molecular formula is C34H33N3O3. The Morgan fingerprint density at radius 3 is 2.23 bits per heavy atom. The highest BCUT2D eigenvalue weighted by molar-refractivity contribution is 5.79. The predicted octanol–water partition coefficient (Wildman–Crippen LogP) is 6.30. The van der Waals surface area contributed by atoms with Crippen molar-refractivity contribution in [3.63, 3.8) is 0 Å². The van der Waals surface area contributed by atoms with Gasteiger partial charge in [-0.15, -0.1) is 0 Å². The number of amides is 1. The van der Waals surface area contributed by atoms with Crippen molar-refractivity contribution in [3.8, 4) is 11.4 Å². The van der Waals surface area contributed by atoms with E-state index in [4.69, 9.17) is 9.72 Å². The SMILES string of the molecule is CCC(c1nc2ccccc2c(=O)n1-c1ccc(C)cc1)N(CCc1ccccc1)C(=O)COc1ccccc1. The van der Waals surface area contributed by atoms with Crippen molar-refractivity contribution >= 4 is 16.8 Å². The number of aryl methyl sites for hydroxylation is 1. The van der Waals surface area contributed by atoms with Crippen LogP contribution >= 0.6 is 0 Å². The molecule has 0 aliphatic rings. The van der Waals surface area contributed by atoms with E-state index >= 15 is 0 Å². The molecule has 1 unspecified atom stereocenters. The third kappa shape index (κ3) is 5.96. The van der Waals surface area contributed by atoms with Gasteiger partial charge in [0, 0.05) is 6.54 Å². The van der Waals surface area contributed by atoms with Gasteiger partial charge in [0.25, 0.3) is 11.5 Å². The fourth-order valence-corrected chi connectivity index (χ4v) is 4.95. The molecule has 0 aliphatic carbocycles. The normalized spacial score (nSPS) is 11.8. The van der Waals surface area contributed by atoms with Gasteiger partial charge < -0.3 is 9.64 Å². The van der Waals surface area contributed by atoms with Gasteiger partial charge in [-0.3, -0.25) is 14.2 Å². The zero-order chi connectivity index (χ0) is 27.9. The van der Waals surface area contributed by atoms with Crippen molar-refractivity contribution in [2.45, 2.75) is 32.7 Å². The third-order valence-electron chi connectivity index (χ3n) is 7.06. The van der Waals surface area contributed by atoms with E-state index in [1.165, 1.54) is 0 Å². The Hall–Kier alpha value is -4.71. The molecule has 5 aromatic rings. The van der Waals surface area contributed by atoms with E-state index in [-0.39, 0.29) is 18.1 Å². The Balaban J connectivity index is 1.59. The maximum atomic E-state index is 13.9. The molecule has 0 saturated heterocycles. The van der Waals surface area contributed by atoms with Crippen LogP contribution in [0, 0.1) is 6.92 Å². The molecule has 0 N–H and O–H groups in total. The minimum Gasteiger partial charge on any atom is -0.484 e. The van der Waals surface area contributed by atoms with Crippen LogP contribution in [0.5, 0.6) is 5.75 Å². The first kappa shape index (κ1) is 26.9. The van der Waals surface area contributed by atoms with Gasteiger partial charge in [-0.1, -0.05) is 85.3 Å². The number of fused-ring (bicyclic) bond motifs is 1. The van der Waals surface area contributed by atoms with E-state index in [0.717, 1.165) is 16.8 Å². The molecule has 1 heterocycles. The number of hydrogen-bond acceptors (Lipinski definition) is 4. The minimum atomic E-state index is -0.450. The Morgan fingerprint density at radius 1 is 0.875 bits per heavy atom. The second-order valence-electron chi connectivity index (χ2n) is 9.81. The van der Waals surface area contributed by atoms with Gasteiger partial charge in [-0.05, 0) is 61.7 Å². The maximum Gasteiger partial charge on any atom is 0.266 e. The number of ether oxygens (including phenoxy) is 1. The molecule has 1 atom stereocenters. The van der Waals surface area contributed by atoms with Crippen LogP contribution in [0.3, 0.4) is 0 Å². The predicted molar refractivity (Wildman–Crippen MR) is 159 cm³/mol. The first-order valence-corrected chi connectivity index (χ1v) is 13.6. The summed E-state index contributed by atoms with van der Waals surface area (Å²) in [6, 6.07) is 34.1. The lowest BCUT2D eigenvalue weighted by molar-refractivity contribution is -0.136. The number of aromatic nitrogens is 2. The Labute approximate surface area is 234 Å². The van der Waals surface area contributed by atoms with E-state index in [9.17, 15) is 9.59 Å². The number of para-hydroxylation sites is 2. The molecule has 0 fully saturated rings. The molecule has 1 aromatic heterocycles. The monoisotopic (exact) mass is 531 g/mol. The lowest BCUT2D eigenvalue weighted by Gasteiger charge is -2.32. The molecule has 40 heavy (non-hydrogen) atoms. The summed E-state index contributed by atoms with van der Waals surface area (Å²) in [4.78, 5) is 34.6. The van der Waals surface area contributed by atoms with Crippen molar-refractivity contribution < 1.29 is 9.53 Å². The summed E-state index contributed by atoms with van der Waals surface area (Å²) >= 11 is 0. The fourth-order valence-electron chi connectivity index (χ4n) is 4.95. The van der Waals surface area contributed by atoms with Gasteiger partial charge in [0.1, 0.15) is 11.6 Å². The highest BCUT2D eigenvalue weighted by atomic mass is 16.5. The number of carbonyl (C=O) groups is 1. The average Bonchev–Trinajstić information content (AvgIpc) is 3.00. The summed E-state index contributed by atoms with van der Waals surface area (Å²) in [5.74, 6) is 1.01. The van der Waals surface area contributed by atoms with Crippen molar-refractivity contribution in [2.75, 3.05) is 13.2 Å². The lowest BCUT2D eigenvalue weighted by Crippen LogP contribution is -2.42. The van der Waals surface area contributed by atoms with Gasteiger partial charge in [0.2, 0.25) is 0 Å². The van der Waals surface area contributed by atoms with E-state index < -0.39 is 6.04 Å². The van der Waals surface area contributed by atoms with Gasteiger partial charge >= 0.3 is 0 Å². The first-order chi connectivity index (χ1) is 19.5. The highest BCUT2D eigenvalue weighted by Crippen LogP contribution is 2.27. The number of rotatable bonds is 10. The van der Waals surface area contributed by atoms with Crippen LogP contribution < -0.4 is 10.3 Å². The van der Waals surface area contributed by atoms with Crippen LogP contribution in [-0.2, 0) is 11.2 Å². The summed E-state index contributed by atoms with van der Waals surface area (Å²) < 4.78 is 7.54. The minimum absolute atomic E-state index is 0.113. The fraction of sp³-hybridized carbons (Fsp3) is 0.206. The van der Waals surface area contributed by atoms with Crippen LogP contribution in [0.4, 0.5) is 0 Å². The lowest BCUT2D eigenvalue weighted by atomic mass is 10.1. The highest BCUT2D eigenvalue weighted by Gasteiger charge is 2.29. The number of nitrogens with zero attached hydrogens (tertiary/aromatic N) is 3. The van der Waals surface area contributed by atoms with Crippen LogP contribution in [0.2, 0.25) is 0 Å². The summed E-state index contributed by atoms with van der Waals surface area (Å²) in [5, 5.41) is 0.538. The van der Waals surface area contributed by atoms with Crippen molar-refractivity contribution in [1.29, 1.82) is 0 Å². The van der Waals surface area contributed by atoms with Gasteiger partial charge in [0.15, 0.2) is 6.61 Å². The van der Waals surface area contributed by atoms with Gasteiger partial charge in [-0.25, -0.2) is 4.98 Å². The summed E-state index contributed by atoms with van der Waals surface area (Å²) in [5.41, 5.74) is 3.40. The van der Waals surface area contributed by atoms with E-state index in [0.29, 0.717) is 41.9 Å². The van der Waals surface area contributed by atoms with Gasteiger partial charge in [-0.2, -0.15) is 0 Å². The van der Waals surface area contributed by atoms with E-state index in [1.807, 2.05) is 110 Å². The second kappa shape index (κ2) is 12.4. The Morgan fingerprint density at radius 2 is 1.52 bits per heavy atom. The average molecular weight is 532 g/mol. The Kier molecular flexibility index (Phi) is 8.35. The van der Waals surface area contributed by atoms with Crippen molar-refractivity contribution in [3.05, 3.63) is 136 Å². The quantitative estimate of drug-likeness (QED) is 0.212. The first-order valence-electron chi connectivity index (χ1n) is 13.6. The standard InChI is InChI=1S/C34H33N3O3/c1-3-31(33-35-30-17-11-10-16-29(30)34(39)37(33)27-20-18-25(2)19-21-27)36(23-22-26-12-6-4-7-13-26)32(38)24-40-28-14-8-5-9-15-28/h4-21,31H,3,22-24H2,1-2H3. The molecule has 202 valence electrons. The maximum absolute atomic E-state index is 13.9. The van der Waals surface area contributed by atoms with E-state index in [2.05, 4.69) is 12.1 Å². The molecule has 5 rings (SSSR count). The van der Waals surface area contributed by atoms with Crippen LogP contribution in [0.15, 0.2) is 114 Å². The molecule has 6 nitrogen and oxygen atoms in total. The van der Waals surface area contributed by atoms with Crippen LogP contribution in [0.25, 0.3) is 16.6 Å². The molecule has 0 saturated carbocycles. The number of hydrogen-bond donors (Lipinski definition) is 0. The topological polar surface area (TPSA) is 64.4 Å². The van der Waals surface area contributed by atoms with Gasteiger partial charge in [0.05, 0.1) is 22.6 Å². The third-order valence-corrected chi connectivity index (χ3v) is 7.06. The van der Waals surface area contributed by atoms with E-state index in [1.54, 1.807) is 10.6 Å². The largest absolute Gasteiger partial charge is 0.484 e. The molecule has 4 aromatic carbocycles. The summed E-state index contributed by atoms with van der Waals surface area (Å²) in [6.45, 7) is 4.37. The molecule has 6 heteroatoms. The van der Waals surface area contributed by atoms with Crippen LogP contribution in [0.1, 0.15) is 36.3 Å². The number of carbonyl (C=O) groups excluding carboxylic acids is 1. The molecule has 0 aliphatic heterocycles. The van der Waals surface area contributed by atoms with Crippen LogP contribution in [-0.4, -0.2) is 33.5 Å². The second-order valence-corrected chi connectivity index (χ2v) is 9.81. The Bertz CT molecular complexity index is 1630. The zero-order valence-electron chi connectivity index (χ0n) is 22.9. The molecule has 1 amide bonds. The zero-order valence-corrected chi connectivity index (χ0v) is 22.9. The molecule has 0 spiro atoms. The molecule has 0 radical (unpaired) electrons. The smallest absolute Gasteiger partial charge is 0.266 e. The van der Waals surface area contributed by atoms with Crippen molar-refractivity contribution in [1.82, 2.24) is 14.5 Å². The summed E-state index contributed by atoms with van der Waals surface area (Å²) in [6.07, 6.45) is 1.24. The number of benzene rings is 4. The molecular weight excluding hydrogens is 498 g/mol. The van der Waals surface area contributed by atoms with Crippen molar-refractivity contribution in [2.24, 2.45) is 0 Å². The summed E-state index contributed by atoms with van der Waals surface area (Å²) in [7, 11) is 0. The molecule has 0 bridgehead atoms.